The van der Waals surface area contributed by atoms with Gasteiger partial charge in [-0.25, -0.2) is 0 Å². The third-order valence-electron chi connectivity index (χ3n) is 5.44. The molecule has 9 heteroatoms. The van der Waals surface area contributed by atoms with Crippen LogP contribution in [0.15, 0.2) is 47.3 Å². The first kappa shape index (κ1) is 18.9. The molecule has 1 N–H and O–H groups in total. The van der Waals surface area contributed by atoms with Crippen LogP contribution in [0.2, 0.25) is 5.02 Å². The third kappa shape index (κ3) is 3.18. The lowest BCUT2D eigenvalue weighted by Gasteiger charge is -2.30. The van der Waals surface area contributed by atoms with Crippen molar-refractivity contribution in [1.29, 1.82) is 0 Å². The molecule has 30 heavy (non-hydrogen) atoms. The van der Waals surface area contributed by atoms with Crippen LogP contribution in [0, 0.1) is 0 Å². The highest BCUT2D eigenvalue weighted by Gasteiger charge is 2.17. The summed E-state index contributed by atoms with van der Waals surface area (Å²) in [5, 5.41) is 13.4. The van der Waals surface area contributed by atoms with Crippen LogP contribution in [-0.4, -0.2) is 45.5 Å². The number of hydrogen-bond donors (Lipinski definition) is 1. The fourth-order valence-corrected chi connectivity index (χ4v) is 4.08. The smallest absolute Gasteiger partial charge is 0.262 e. The normalized spacial score (nSPS) is 14.5. The number of rotatable bonds is 4. The van der Waals surface area contributed by atoms with Gasteiger partial charge in [0.15, 0.2) is 5.82 Å². The summed E-state index contributed by atoms with van der Waals surface area (Å²) in [4.78, 5) is 14.9. The van der Waals surface area contributed by atoms with Crippen molar-refractivity contribution < 1.29 is 4.74 Å². The highest BCUT2D eigenvalue weighted by atomic mass is 35.5. The number of anilines is 2. The van der Waals surface area contributed by atoms with E-state index in [0.29, 0.717) is 41.8 Å². The Labute approximate surface area is 177 Å². The predicted molar refractivity (Wildman–Crippen MR) is 118 cm³/mol. The van der Waals surface area contributed by atoms with Crippen LogP contribution in [0.25, 0.3) is 16.7 Å². The highest BCUT2D eigenvalue weighted by molar-refractivity contribution is 6.31. The second-order valence-corrected chi connectivity index (χ2v) is 7.68. The van der Waals surface area contributed by atoms with E-state index in [9.17, 15) is 4.79 Å². The first-order valence-electron chi connectivity index (χ1n) is 9.81. The molecule has 1 fully saturated rings. The fourth-order valence-electron chi connectivity index (χ4n) is 3.91. The minimum Gasteiger partial charge on any atom is -0.378 e. The number of para-hydroxylation sites is 1. The number of benzene rings is 2. The molecule has 0 saturated carbocycles. The van der Waals surface area contributed by atoms with Crippen LogP contribution in [0.4, 0.5) is 11.4 Å². The molecule has 3 heterocycles. The van der Waals surface area contributed by atoms with Crippen molar-refractivity contribution in [2.24, 2.45) is 7.05 Å². The van der Waals surface area contributed by atoms with Crippen LogP contribution in [0.3, 0.4) is 0 Å². The summed E-state index contributed by atoms with van der Waals surface area (Å²) in [5.74, 6) is 1.22. The van der Waals surface area contributed by atoms with E-state index >= 15 is 0 Å². The van der Waals surface area contributed by atoms with E-state index in [1.807, 2.05) is 46.9 Å². The summed E-state index contributed by atoms with van der Waals surface area (Å²) < 4.78 is 8.92. The number of nitrogens with one attached hydrogen (secondary N) is 1. The van der Waals surface area contributed by atoms with Gasteiger partial charge in [0, 0.05) is 25.2 Å². The predicted octanol–water partition coefficient (Wildman–Crippen LogP) is 2.68. The van der Waals surface area contributed by atoms with E-state index in [4.69, 9.17) is 16.3 Å². The summed E-state index contributed by atoms with van der Waals surface area (Å²) in [6.07, 6.45) is 0. The number of nitrogens with zero attached hydrogens (tertiary/aromatic N) is 5. The van der Waals surface area contributed by atoms with Crippen molar-refractivity contribution in [2.45, 2.75) is 6.54 Å². The Morgan fingerprint density at radius 1 is 1.13 bits per heavy atom. The molecule has 1 aliphatic heterocycles. The Kier molecular flexibility index (Phi) is 4.80. The van der Waals surface area contributed by atoms with E-state index < -0.39 is 0 Å². The summed E-state index contributed by atoms with van der Waals surface area (Å²) in [5.41, 5.74) is 2.70. The molecule has 154 valence electrons. The molecule has 0 spiro atoms. The first-order chi connectivity index (χ1) is 14.6. The number of fused-ring (bicyclic) bond motifs is 3. The Balaban J connectivity index is 1.54. The van der Waals surface area contributed by atoms with Gasteiger partial charge in [-0.2, -0.15) is 0 Å². The number of ether oxygens (including phenoxy) is 1. The Morgan fingerprint density at radius 2 is 1.93 bits per heavy atom. The van der Waals surface area contributed by atoms with Gasteiger partial charge in [-0.1, -0.05) is 23.7 Å². The number of aromatic nitrogens is 4. The van der Waals surface area contributed by atoms with Crippen LogP contribution in [0.5, 0.6) is 0 Å². The summed E-state index contributed by atoms with van der Waals surface area (Å²) >= 11 is 6.27. The number of halogens is 1. The van der Waals surface area contributed by atoms with Crippen molar-refractivity contribution in [3.63, 3.8) is 0 Å². The quantitative estimate of drug-likeness (QED) is 0.542. The lowest BCUT2D eigenvalue weighted by atomic mass is 10.2. The second-order valence-electron chi connectivity index (χ2n) is 7.25. The van der Waals surface area contributed by atoms with Gasteiger partial charge in [-0.3, -0.25) is 13.8 Å². The monoisotopic (exact) mass is 424 g/mol. The molecule has 8 nitrogen and oxygen atoms in total. The minimum absolute atomic E-state index is 0.0885. The first-order valence-corrected chi connectivity index (χ1v) is 10.2. The van der Waals surface area contributed by atoms with E-state index in [1.165, 1.54) is 4.57 Å². The van der Waals surface area contributed by atoms with Crippen molar-refractivity contribution >= 4 is 39.7 Å². The van der Waals surface area contributed by atoms with Crippen LogP contribution in [-0.2, 0) is 18.3 Å². The molecular weight excluding hydrogens is 404 g/mol. The lowest BCUT2D eigenvalue weighted by Crippen LogP contribution is -2.36. The van der Waals surface area contributed by atoms with Crippen molar-refractivity contribution in [3.8, 4) is 0 Å². The van der Waals surface area contributed by atoms with Gasteiger partial charge in [0.1, 0.15) is 0 Å². The molecule has 0 aliphatic carbocycles. The molecule has 0 bridgehead atoms. The van der Waals surface area contributed by atoms with E-state index in [1.54, 1.807) is 7.05 Å². The van der Waals surface area contributed by atoms with Gasteiger partial charge < -0.3 is 15.0 Å². The topological polar surface area (TPSA) is 76.7 Å². The SMILES string of the molecule is Cn1c(=O)c2ccccc2n2c(CNc3cc(Cl)ccc3N3CCOCC3)nnc12. The zero-order chi connectivity index (χ0) is 20.7. The van der Waals surface area contributed by atoms with Crippen LogP contribution < -0.4 is 15.8 Å². The molecule has 0 atom stereocenters. The Hall–Kier alpha value is -3.10. The van der Waals surface area contributed by atoms with Crippen molar-refractivity contribution in [1.82, 2.24) is 19.2 Å². The van der Waals surface area contributed by atoms with E-state index in [0.717, 1.165) is 30.0 Å². The standard InChI is InChI=1S/C21H21ClN6O2/c1-26-20(29)15-4-2-3-5-17(15)28-19(24-25-21(26)28)13-23-16-12-14(22)6-7-18(16)27-8-10-30-11-9-27/h2-7,12,23H,8-11,13H2,1H3. The number of morpholine rings is 1. The maximum Gasteiger partial charge on any atom is 0.262 e. The van der Waals surface area contributed by atoms with Gasteiger partial charge in [-0.15, -0.1) is 10.2 Å². The summed E-state index contributed by atoms with van der Waals surface area (Å²) in [6.45, 7) is 3.50. The number of aryl methyl sites for hydroxylation is 1. The van der Waals surface area contributed by atoms with Gasteiger partial charge in [0.2, 0.25) is 5.78 Å². The van der Waals surface area contributed by atoms with Crippen molar-refractivity contribution in [3.05, 3.63) is 63.7 Å². The van der Waals surface area contributed by atoms with E-state index in [2.05, 4.69) is 20.4 Å². The molecule has 1 aliphatic rings. The molecule has 2 aromatic heterocycles. The Bertz CT molecular complexity index is 1290. The van der Waals surface area contributed by atoms with Crippen LogP contribution >= 0.6 is 11.6 Å². The van der Waals surface area contributed by atoms with Crippen molar-refractivity contribution in [2.75, 3.05) is 36.5 Å². The van der Waals surface area contributed by atoms with Gasteiger partial charge >= 0.3 is 0 Å². The summed E-state index contributed by atoms with van der Waals surface area (Å²) in [7, 11) is 1.71. The molecule has 5 rings (SSSR count). The van der Waals surface area contributed by atoms with E-state index in [-0.39, 0.29) is 5.56 Å². The molecule has 4 aromatic rings. The maximum absolute atomic E-state index is 12.6. The molecule has 2 aromatic carbocycles. The zero-order valence-electron chi connectivity index (χ0n) is 16.5. The largest absolute Gasteiger partial charge is 0.378 e. The molecule has 1 saturated heterocycles. The molecule has 0 amide bonds. The fraction of sp³-hybridized carbons (Fsp3) is 0.286. The third-order valence-corrected chi connectivity index (χ3v) is 5.68. The zero-order valence-corrected chi connectivity index (χ0v) is 17.3. The molecule has 0 radical (unpaired) electrons. The van der Waals surface area contributed by atoms with Gasteiger partial charge in [0.05, 0.1) is 42.0 Å². The average molecular weight is 425 g/mol. The Morgan fingerprint density at radius 3 is 2.77 bits per heavy atom. The second kappa shape index (κ2) is 7.62. The molecule has 0 unspecified atom stereocenters. The number of hydrogen-bond acceptors (Lipinski definition) is 6. The van der Waals surface area contributed by atoms with Gasteiger partial charge in [0.25, 0.3) is 5.56 Å². The molecular formula is C21H21ClN6O2. The summed E-state index contributed by atoms with van der Waals surface area (Å²) in [6, 6.07) is 13.3. The maximum atomic E-state index is 12.6. The highest BCUT2D eigenvalue weighted by Crippen LogP contribution is 2.30. The lowest BCUT2D eigenvalue weighted by molar-refractivity contribution is 0.123. The van der Waals surface area contributed by atoms with Gasteiger partial charge in [-0.05, 0) is 30.3 Å². The van der Waals surface area contributed by atoms with Crippen LogP contribution in [0.1, 0.15) is 5.82 Å². The average Bonchev–Trinajstić information content (AvgIpc) is 3.21. The minimum atomic E-state index is -0.0885.